The van der Waals surface area contributed by atoms with Crippen molar-refractivity contribution < 1.29 is 14.3 Å². The minimum Gasteiger partial charge on any atom is -0.489 e. The molecule has 1 saturated carbocycles. The number of ether oxygens (including phenoxy) is 1. The number of carbonyl (C=O) groups is 2. The monoisotopic (exact) mass is 538 g/mol. The van der Waals surface area contributed by atoms with E-state index in [4.69, 9.17) is 4.74 Å². The van der Waals surface area contributed by atoms with Crippen molar-refractivity contribution in [1.29, 1.82) is 0 Å². The van der Waals surface area contributed by atoms with Crippen molar-refractivity contribution in [3.05, 3.63) is 42.5 Å². The summed E-state index contributed by atoms with van der Waals surface area (Å²) < 4.78 is 5.85. The van der Waals surface area contributed by atoms with E-state index in [1.165, 1.54) is 4.90 Å². The van der Waals surface area contributed by atoms with E-state index in [0.29, 0.717) is 32.0 Å². The first kappa shape index (κ1) is 23.6. The number of halogens is 1. The topological polar surface area (TPSA) is 83.0 Å². The Hall–Kier alpha value is -2.10. The number of nitrogens with one attached hydrogen (secondary N) is 2. The van der Waals surface area contributed by atoms with Crippen LogP contribution in [-0.2, 0) is 9.59 Å². The second kappa shape index (κ2) is 10.5. The number of fused-ring (bicyclic) bond motifs is 5. The molecule has 1 aromatic carbocycles. The summed E-state index contributed by atoms with van der Waals surface area (Å²) in [5, 5.41) is 6.49. The Morgan fingerprint density at radius 2 is 1.77 bits per heavy atom. The average Bonchev–Trinajstić information content (AvgIpc) is 3.43. The summed E-state index contributed by atoms with van der Waals surface area (Å²) in [5.41, 5.74) is 0. The fourth-order valence-corrected chi connectivity index (χ4v) is 4.86. The van der Waals surface area contributed by atoms with Crippen LogP contribution in [0, 0.1) is 23.7 Å². The smallest absolute Gasteiger partial charge is 0.233 e. The molecule has 8 heteroatoms. The van der Waals surface area contributed by atoms with Gasteiger partial charge in [-0.15, -0.1) is 24.0 Å². The number of likely N-dealkylation sites (tertiary alicyclic amines) is 1. The molecule has 2 aliphatic carbocycles. The molecule has 0 aromatic heterocycles. The van der Waals surface area contributed by atoms with Gasteiger partial charge in [0.25, 0.3) is 0 Å². The molecule has 1 heterocycles. The normalized spacial score (nSPS) is 27.2. The van der Waals surface area contributed by atoms with Gasteiger partial charge in [0, 0.05) is 20.1 Å². The summed E-state index contributed by atoms with van der Waals surface area (Å²) in [4.78, 5) is 31.1. The maximum atomic E-state index is 12.7. The maximum Gasteiger partial charge on any atom is 0.233 e. The SMILES string of the molecule is CN=C(NCCCN1C(=O)C2C3C=CC(C3)C2C1=O)NCC(C)Oc1ccccc1.I. The summed E-state index contributed by atoms with van der Waals surface area (Å²) >= 11 is 0. The highest BCUT2D eigenvalue weighted by Crippen LogP contribution is 2.52. The number of imide groups is 1. The van der Waals surface area contributed by atoms with E-state index in [1.807, 2.05) is 37.3 Å². The van der Waals surface area contributed by atoms with Gasteiger partial charge >= 0.3 is 0 Å². The van der Waals surface area contributed by atoms with Gasteiger partial charge in [0.1, 0.15) is 11.9 Å². The third kappa shape index (κ3) is 5.05. The van der Waals surface area contributed by atoms with Crippen LogP contribution in [0.4, 0.5) is 0 Å². The number of hydrogen-bond acceptors (Lipinski definition) is 4. The van der Waals surface area contributed by atoms with Gasteiger partial charge < -0.3 is 15.4 Å². The van der Waals surface area contributed by atoms with Crippen LogP contribution in [-0.4, -0.2) is 55.5 Å². The molecule has 168 valence electrons. The van der Waals surface area contributed by atoms with Gasteiger partial charge in [0.05, 0.1) is 18.4 Å². The zero-order valence-electron chi connectivity index (χ0n) is 18.0. The Labute approximate surface area is 200 Å². The number of benzene rings is 1. The lowest BCUT2D eigenvalue weighted by atomic mass is 9.85. The molecule has 4 rings (SSSR count). The second-order valence-corrected chi connectivity index (χ2v) is 8.30. The number of amides is 2. The molecule has 2 amide bonds. The van der Waals surface area contributed by atoms with Crippen molar-refractivity contribution in [2.75, 3.05) is 26.7 Å². The Balaban J connectivity index is 0.00000272. The number of aliphatic imine (C=N–C) groups is 1. The fraction of sp³-hybridized carbons (Fsp3) is 0.522. The Morgan fingerprint density at radius 1 is 1.13 bits per heavy atom. The van der Waals surface area contributed by atoms with Crippen LogP contribution in [0.5, 0.6) is 5.75 Å². The zero-order valence-corrected chi connectivity index (χ0v) is 20.3. The summed E-state index contributed by atoms with van der Waals surface area (Å²) in [6.07, 6.45) is 5.89. The van der Waals surface area contributed by atoms with Crippen molar-refractivity contribution in [3.63, 3.8) is 0 Å². The van der Waals surface area contributed by atoms with E-state index in [-0.39, 0.29) is 65.6 Å². The Morgan fingerprint density at radius 3 is 2.39 bits per heavy atom. The summed E-state index contributed by atoms with van der Waals surface area (Å²) in [7, 11) is 1.72. The minimum absolute atomic E-state index is 0. The van der Waals surface area contributed by atoms with E-state index < -0.39 is 0 Å². The van der Waals surface area contributed by atoms with Gasteiger partial charge in [-0.25, -0.2) is 0 Å². The summed E-state index contributed by atoms with van der Waals surface area (Å²) in [5.74, 6) is 1.87. The molecular weight excluding hydrogens is 507 g/mol. The molecule has 1 saturated heterocycles. The first-order chi connectivity index (χ1) is 14.6. The number of guanidine groups is 1. The van der Waals surface area contributed by atoms with Crippen molar-refractivity contribution in [1.82, 2.24) is 15.5 Å². The standard InChI is InChI=1S/C23H30N4O3.HI/c1-15(30-18-7-4-3-5-8-18)14-26-23(24-2)25-11-6-12-27-21(28)19-16-9-10-17(13-16)20(19)22(27)29;/h3-5,7-10,15-17,19-20H,6,11-14H2,1-2H3,(H2,24,25,26);1H. The van der Waals surface area contributed by atoms with E-state index >= 15 is 0 Å². The highest BCUT2D eigenvalue weighted by molar-refractivity contribution is 14.0. The number of nitrogens with zero attached hydrogens (tertiary/aromatic N) is 2. The lowest BCUT2D eigenvalue weighted by Crippen LogP contribution is -2.43. The highest BCUT2D eigenvalue weighted by atomic mass is 127. The molecule has 1 aromatic rings. The first-order valence-electron chi connectivity index (χ1n) is 10.8. The van der Waals surface area contributed by atoms with E-state index in [0.717, 1.165) is 12.2 Å². The zero-order chi connectivity index (χ0) is 21.1. The van der Waals surface area contributed by atoms with E-state index in [1.54, 1.807) is 7.05 Å². The molecule has 5 unspecified atom stereocenters. The largest absolute Gasteiger partial charge is 0.489 e. The Bertz CT molecular complexity index is 814. The second-order valence-electron chi connectivity index (χ2n) is 8.30. The third-order valence-corrected chi connectivity index (χ3v) is 6.27. The average molecular weight is 538 g/mol. The number of allylic oxidation sites excluding steroid dienone is 2. The van der Waals surface area contributed by atoms with Gasteiger partial charge in [-0.2, -0.15) is 0 Å². The van der Waals surface area contributed by atoms with Crippen molar-refractivity contribution in [3.8, 4) is 5.75 Å². The van der Waals surface area contributed by atoms with Crippen LogP contribution >= 0.6 is 24.0 Å². The predicted molar refractivity (Wildman–Crippen MR) is 130 cm³/mol. The molecular formula is C23H31IN4O3. The van der Waals surface area contributed by atoms with Gasteiger partial charge in [-0.05, 0) is 43.7 Å². The molecule has 1 aliphatic heterocycles. The fourth-order valence-electron chi connectivity index (χ4n) is 4.86. The summed E-state index contributed by atoms with van der Waals surface area (Å²) in [6.45, 7) is 3.69. The third-order valence-electron chi connectivity index (χ3n) is 6.27. The number of rotatable bonds is 8. The molecule has 2 N–H and O–H groups in total. The van der Waals surface area contributed by atoms with Crippen LogP contribution in [0.15, 0.2) is 47.5 Å². The van der Waals surface area contributed by atoms with Crippen molar-refractivity contribution >= 4 is 41.8 Å². The minimum atomic E-state index is -0.110. The predicted octanol–water partition coefficient (Wildman–Crippen LogP) is 2.43. The van der Waals surface area contributed by atoms with Crippen LogP contribution in [0.3, 0.4) is 0 Å². The maximum absolute atomic E-state index is 12.7. The molecule has 0 spiro atoms. The molecule has 7 nitrogen and oxygen atoms in total. The Kier molecular flexibility index (Phi) is 7.96. The molecule has 3 aliphatic rings. The number of para-hydroxylation sites is 1. The van der Waals surface area contributed by atoms with Crippen molar-refractivity contribution in [2.45, 2.75) is 25.9 Å². The van der Waals surface area contributed by atoms with E-state index in [2.05, 4.69) is 27.8 Å². The van der Waals surface area contributed by atoms with Gasteiger partial charge in [-0.1, -0.05) is 30.4 Å². The number of hydrogen-bond donors (Lipinski definition) is 2. The molecule has 0 radical (unpaired) electrons. The number of carbonyl (C=O) groups excluding carboxylic acids is 2. The van der Waals surface area contributed by atoms with Gasteiger partial charge in [0.15, 0.2) is 5.96 Å². The van der Waals surface area contributed by atoms with Crippen molar-refractivity contribution in [2.24, 2.45) is 28.7 Å². The molecule has 2 bridgehead atoms. The van der Waals surface area contributed by atoms with Crippen LogP contribution in [0.1, 0.15) is 19.8 Å². The lowest BCUT2D eigenvalue weighted by Gasteiger charge is -2.19. The van der Waals surface area contributed by atoms with Gasteiger partial charge in [0.2, 0.25) is 11.8 Å². The van der Waals surface area contributed by atoms with Crippen LogP contribution in [0.2, 0.25) is 0 Å². The lowest BCUT2D eigenvalue weighted by molar-refractivity contribution is -0.140. The van der Waals surface area contributed by atoms with Gasteiger partial charge in [-0.3, -0.25) is 19.5 Å². The van der Waals surface area contributed by atoms with Crippen LogP contribution < -0.4 is 15.4 Å². The molecule has 2 fully saturated rings. The summed E-state index contributed by atoms with van der Waals surface area (Å²) in [6, 6.07) is 9.71. The van der Waals surface area contributed by atoms with Crippen LogP contribution in [0.25, 0.3) is 0 Å². The molecule has 5 atom stereocenters. The van der Waals surface area contributed by atoms with E-state index in [9.17, 15) is 9.59 Å². The highest BCUT2D eigenvalue weighted by Gasteiger charge is 2.58. The quantitative estimate of drug-likeness (QED) is 0.133. The first-order valence-corrected chi connectivity index (χ1v) is 10.8. The molecule has 31 heavy (non-hydrogen) atoms.